The van der Waals surface area contributed by atoms with E-state index in [2.05, 4.69) is 21.2 Å². The number of hydrogen-bond donors (Lipinski definition) is 1. The van der Waals surface area contributed by atoms with Crippen molar-refractivity contribution in [2.75, 3.05) is 26.8 Å². The highest BCUT2D eigenvalue weighted by atomic mass is 79.9. The fraction of sp³-hybridized carbons (Fsp3) is 0.455. The van der Waals surface area contributed by atoms with Crippen LogP contribution in [-0.4, -0.2) is 26.8 Å². The molecule has 0 atom stereocenters. The first-order valence-corrected chi connectivity index (χ1v) is 5.65. The minimum atomic E-state index is -0.192. The molecule has 0 aromatic heterocycles. The number of ether oxygens (including phenoxy) is 1. The van der Waals surface area contributed by atoms with E-state index in [4.69, 9.17) is 4.74 Å². The summed E-state index contributed by atoms with van der Waals surface area (Å²) in [6, 6.07) is 5.05. The number of hydrogen-bond acceptors (Lipinski definition) is 2. The summed E-state index contributed by atoms with van der Waals surface area (Å²) >= 11 is 3.37. The van der Waals surface area contributed by atoms with Gasteiger partial charge in [0, 0.05) is 16.6 Å². The number of halogens is 2. The van der Waals surface area contributed by atoms with Crippen molar-refractivity contribution in [1.82, 2.24) is 5.32 Å². The Labute approximate surface area is 96.9 Å². The van der Waals surface area contributed by atoms with Gasteiger partial charge in [-0.15, -0.1) is 0 Å². The van der Waals surface area contributed by atoms with E-state index in [-0.39, 0.29) is 11.2 Å². The molecule has 2 nitrogen and oxygen atoms in total. The molecule has 1 aliphatic heterocycles. The molecule has 0 unspecified atom stereocenters. The predicted octanol–water partition coefficient (Wildman–Crippen LogP) is 2.08. The molecule has 0 amide bonds. The molecule has 1 aliphatic rings. The van der Waals surface area contributed by atoms with Crippen LogP contribution in [0.3, 0.4) is 0 Å². The van der Waals surface area contributed by atoms with Crippen LogP contribution in [-0.2, 0) is 10.2 Å². The summed E-state index contributed by atoms with van der Waals surface area (Å²) < 4.78 is 19.8. The minimum Gasteiger partial charge on any atom is -0.379 e. The minimum absolute atomic E-state index is 0.156. The van der Waals surface area contributed by atoms with Gasteiger partial charge in [-0.3, -0.25) is 0 Å². The summed E-state index contributed by atoms with van der Waals surface area (Å²) in [6.45, 7) is 1.91. The molecule has 0 spiro atoms. The molecule has 2 rings (SSSR count). The van der Waals surface area contributed by atoms with Crippen LogP contribution in [0.25, 0.3) is 0 Å². The highest BCUT2D eigenvalue weighted by molar-refractivity contribution is 9.10. The Morgan fingerprint density at radius 3 is 2.80 bits per heavy atom. The average molecular weight is 274 g/mol. The molecule has 0 aliphatic carbocycles. The monoisotopic (exact) mass is 273 g/mol. The van der Waals surface area contributed by atoms with Crippen molar-refractivity contribution in [3.05, 3.63) is 34.1 Å². The standard InChI is InChI=1S/C11H13BrFNO/c1-14-5-11(6-15-7-11)9-4-8(12)2-3-10(9)13/h2-4,14H,5-7H2,1H3. The maximum atomic E-state index is 13.7. The fourth-order valence-corrected chi connectivity index (χ4v) is 2.30. The highest BCUT2D eigenvalue weighted by Gasteiger charge is 2.41. The van der Waals surface area contributed by atoms with E-state index in [1.807, 2.05) is 13.1 Å². The molecule has 15 heavy (non-hydrogen) atoms. The van der Waals surface area contributed by atoms with Gasteiger partial charge in [0.2, 0.25) is 0 Å². The van der Waals surface area contributed by atoms with Gasteiger partial charge in [0.25, 0.3) is 0 Å². The second kappa shape index (κ2) is 4.20. The molecular weight excluding hydrogens is 261 g/mol. The van der Waals surface area contributed by atoms with E-state index in [1.165, 1.54) is 6.07 Å². The topological polar surface area (TPSA) is 21.3 Å². The van der Waals surface area contributed by atoms with Gasteiger partial charge in [-0.2, -0.15) is 0 Å². The van der Waals surface area contributed by atoms with Crippen LogP contribution in [0, 0.1) is 5.82 Å². The van der Waals surface area contributed by atoms with Crippen molar-refractivity contribution >= 4 is 15.9 Å². The lowest BCUT2D eigenvalue weighted by Gasteiger charge is -2.42. The van der Waals surface area contributed by atoms with Crippen LogP contribution in [0.4, 0.5) is 4.39 Å². The summed E-state index contributed by atoms with van der Waals surface area (Å²) in [6.07, 6.45) is 0. The highest BCUT2D eigenvalue weighted by Crippen LogP contribution is 2.34. The fourth-order valence-electron chi connectivity index (χ4n) is 1.94. The average Bonchev–Trinajstić information content (AvgIpc) is 2.16. The van der Waals surface area contributed by atoms with Gasteiger partial charge in [-0.05, 0) is 25.2 Å². The van der Waals surface area contributed by atoms with Crippen LogP contribution in [0.15, 0.2) is 22.7 Å². The van der Waals surface area contributed by atoms with Crippen molar-refractivity contribution < 1.29 is 9.13 Å². The second-order valence-corrected chi connectivity index (χ2v) is 4.84. The number of nitrogens with one attached hydrogen (secondary N) is 1. The van der Waals surface area contributed by atoms with Crippen molar-refractivity contribution in [3.8, 4) is 0 Å². The van der Waals surface area contributed by atoms with Gasteiger partial charge in [-0.25, -0.2) is 4.39 Å². The molecule has 1 aromatic rings. The van der Waals surface area contributed by atoms with Crippen molar-refractivity contribution in [3.63, 3.8) is 0 Å². The maximum Gasteiger partial charge on any atom is 0.127 e. The molecule has 4 heteroatoms. The third-order valence-electron chi connectivity index (χ3n) is 2.77. The molecule has 1 saturated heterocycles. The van der Waals surface area contributed by atoms with Crippen LogP contribution < -0.4 is 5.32 Å². The third kappa shape index (κ3) is 1.94. The Hall–Kier alpha value is -0.450. The second-order valence-electron chi connectivity index (χ2n) is 3.93. The van der Waals surface area contributed by atoms with Crippen molar-refractivity contribution in [1.29, 1.82) is 0 Å². The smallest absolute Gasteiger partial charge is 0.127 e. The number of benzene rings is 1. The summed E-state index contributed by atoms with van der Waals surface area (Å²) in [5.41, 5.74) is 0.542. The Morgan fingerprint density at radius 1 is 1.53 bits per heavy atom. The number of rotatable bonds is 3. The molecule has 0 radical (unpaired) electrons. The molecule has 1 N–H and O–H groups in total. The maximum absolute atomic E-state index is 13.7. The van der Waals surface area contributed by atoms with E-state index in [0.29, 0.717) is 13.2 Å². The summed E-state index contributed by atoms with van der Waals surface area (Å²) in [5.74, 6) is -0.156. The van der Waals surface area contributed by atoms with Gasteiger partial charge in [0.15, 0.2) is 0 Å². The SMILES string of the molecule is CNCC1(c2cc(Br)ccc2F)COC1. The largest absolute Gasteiger partial charge is 0.379 e. The lowest BCUT2D eigenvalue weighted by atomic mass is 9.78. The summed E-state index contributed by atoms with van der Waals surface area (Å²) in [4.78, 5) is 0. The zero-order valence-corrected chi connectivity index (χ0v) is 10.1. The lowest BCUT2D eigenvalue weighted by molar-refractivity contribution is -0.0598. The van der Waals surface area contributed by atoms with Gasteiger partial charge in [0.05, 0.1) is 18.6 Å². The van der Waals surface area contributed by atoms with E-state index < -0.39 is 0 Å². The Bertz CT molecular complexity index is 366. The molecule has 82 valence electrons. The third-order valence-corrected chi connectivity index (χ3v) is 3.26. The predicted molar refractivity (Wildman–Crippen MR) is 60.5 cm³/mol. The molecule has 0 saturated carbocycles. The summed E-state index contributed by atoms with van der Waals surface area (Å²) in [5, 5.41) is 3.09. The number of likely N-dealkylation sites (N-methyl/N-ethyl adjacent to an activating group) is 1. The molecule has 1 fully saturated rings. The molecule has 1 heterocycles. The van der Waals surface area contributed by atoms with E-state index in [9.17, 15) is 4.39 Å². The quantitative estimate of drug-likeness (QED) is 0.911. The van der Waals surface area contributed by atoms with E-state index in [0.717, 1.165) is 16.6 Å². The lowest BCUT2D eigenvalue weighted by Crippen LogP contribution is -2.53. The molecular formula is C11H13BrFNO. The Kier molecular flexibility index (Phi) is 3.09. The van der Waals surface area contributed by atoms with Gasteiger partial charge in [0.1, 0.15) is 5.82 Å². The van der Waals surface area contributed by atoms with Crippen molar-refractivity contribution in [2.24, 2.45) is 0 Å². The van der Waals surface area contributed by atoms with Crippen LogP contribution in [0.1, 0.15) is 5.56 Å². The zero-order chi connectivity index (χ0) is 10.9. The summed E-state index contributed by atoms with van der Waals surface area (Å²) in [7, 11) is 1.87. The van der Waals surface area contributed by atoms with E-state index in [1.54, 1.807) is 6.07 Å². The molecule has 1 aromatic carbocycles. The van der Waals surface area contributed by atoms with E-state index >= 15 is 0 Å². The van der Waals surface area contributed by atoms with Gasteiger partial charge in [-0.1, -0.05) is 15.9 Å². The van der Waals surface area contributed by atoms with Crippen LogP contribution in [0.5, 0.6) is 0 Å². The van der Waals surface area contributed by atoms with Crippen molar-refractivity contribution in [2.45, 2.75) is 5.41 Å². The van der Waals surface area contributed by atoms with Crippen LogP contribution in [0.2, 0.25) is 0 Å². The Balaban J connectivity index is 2.37. The Morgan fingerprint density at radius 2 is 2.27 bits per heavy atom. The first-order valence-electron chi connectivity index (χ1n) is 4.86. The van der Waals surface area contributed by atoms with Crippen LogP contribution >= 0.6 is 15.9 Å². The normalized spacial score (nSPS) is 18.6. The molecule has 0 bridgehead atoms. The first-order chi connectivity index (χ1) is 7.18. The first kappa shape index (κ1) is 11.0. The van der Waals surface area contributed by atoms with Gasteiger partial charge >= 0.3 is 0 Å². The zero-order valence-electron chi connectivity index (χ0n) is 8.52. The van der Waals surface area contributed by atoms with Gasteiger partial charge < -0.3 is 10.1 Å².